The first-order chi connectivity index (χ1) is 19.8. The predicted molar refractivity (Wildman–Crippen MR) is 158 cm³/mol. The number of aliphatic imine (C=N–C) groups is 1. The van der Waals surface area contributed by atoms with E-state index in [1.807, 2.05) is 26.1 Å². The molecule has 2 fully saturated rings. The van der Waals surface area contributed by atoms with Crippen LogP contribution in [-0.4, -0.2) is 65.9 Å². The minimum Gasteiger partial charge on any atom is -0.476 e. The third kappa shape index (κ3) is 7.31. The molecule has 1 saturated heterocycles. The Balaban J connectivity index is 1.36. The molecular weight excluding hydrogens is 521 g/mol. The summed E-state index contributed by atoms with van der Waals surface area (Å²) in [7, 11) is 0. The maximum absolute atomic E-state index is 14.1. The van der Waals surface area contributed by atoms with Gasteiger partial charge in [-0.05, 0) is 96.1 Å². The van der Waals surface area contributed by atoms with Crippen molar-refractivity contribution >= 4 is 23.3 Å². The molecule has 1 aliphatic carbocycles. The lowest BCUT2D eigenvalue weighted by Gasteiger charge is -2.36. The van der Waals surface area contributed by atoms with Gasteiger partial charge in [-0.2, -0.15) is 4.99 Å². The molecule has 8 nitrogen and oxygen atoms in total. The van der Waals surface area contributed by atoms with Crippen LogP contribution in [0, 0.1) is 18.7 Å². The molecule has 5 rings (SSSR count). The summed E-state index contributed by atoms with van der Waals surface area (Å²) < 4.78 is 20.1. The number of aryl methyl sites for hydroxylation is 1. The smallest absolute Gasteiger partial charge is 0.278 e. The number of amidine groups is 1. The maximum Gasteiger partial charge on any atom is 0.278 e. The number of amides is 2. The van der Waals surface area contributed by atoms with Crippen molar-refractivity contribution in [3.05, 3.63) is 53.0 Å². The van der Waals surface area contributed by atoms with Crippen LogP contribution >= 0.6 is 0 Å². The number of rotatable bonds is 8. The number of carbonyl (C=O) groups is 2. The van der Waals surface area contributed by atoms with Gasteiger partial charge in [0.05, 0.1) is 5.69 Å². The van der Waals surface area contributed by atoms with Crippen LogP contribution in [-0.2, 0) is 11.2 Å². The van der Waals surface area contributed by atoms with Gasteiger partial charge in [0.25, 0.3) is 5.91 Å². The number of aromatic nitrogens is 1. The molecule has 1 N–H and O–H groups in total. The number of nitrogens with zero attached hydrogens (tertiary/aromatic N) is 4. The third-order valence-corrected chi connectivity index (χ3v) is 8.31. The van der Waals surface area contributed by atoms with E-state index in [-0.39, 0.29) is 29.5 Å². The van der Waals surface area contributed by atoms with Crippen molar-refractivity contribution in [2.45, 2.75) is 84.2 Å². The number of nitrogens with one attached hydrogen (secondary N) is 1. The number of carbonyl (C=O) groups excluding carboxylic acids is 2. The summed E-state index contributed by atoms with van der Waals surface area (Å²) in [4.78, 5) is 39.5. The lowest BCUT2D eigenvalue weighted by Crippen LogP contribution is -2.44. The van der Waals surface area contributed by atoms with Crippen molar-refractivity contribution in [1.82, 2.24) is 15.2 Å². The van der Waals surface area contributed by atoms with Gasteiger partial charge in [-0.1, -0.05) is 6.42 Å². The van der Waals surface area contributed by atoms with Gasteiger partial charge >= 0.3 is 0 Å². The van der Waals surface area contributed by atoms with Crippen molar-refractivity contribution in [3.63, 3.8) is 0 Å². The zero-order valence-corrected chi connectivity index (χ0v) is 24.5. The lowest BCUT2D eigenvalue weighted by atomic mass is 9.84. The standard InChI is InChI=1S/C32H42FN5O3/c1-21(2)35-31(39)23-7-9-27(10-8-23)38-28-19-30(41-14-13-37-11-5-4-6-12-37)34-20-25(28)18-29(38)36-32(40)24-15-22(3)16-26(33)17-24/h15-17,19-21,23,27H,4-14,18H2,1-3H3,(H,35,39). The summed E-state index contributed by atoms with van der Waals surface area (Å²) in [6.45, 7) is 9.39. The molecule has 3 heterocycles. The van der Waals surface area contributed by atoms with Gasteiger partial charge in [0.1, 0.15) is 18.3 Å². The first kappa shape index (κ1) is 29.2. The number of hydrogen-bond acceptors (Lipinski definition) is 5. The van der Waals surface area contributed by atoms with E-state index < -0.39 is 11.7 Å². The van der Waals surface area contributed by atoms with E-state index in [2.05, 4.69) is 25.1 Å². The van der Waals surface area contributed by atoms with Crippen LogP contribution in [0.3, 0.4) is 0 Å². The van der Waals surface area contributed by atoms with Gasteiger partial charge in [-0.3, -0.25) is 14.5 Å². The maximum atomic E-state index is 14.1. The topological polar surface area (TPSA) is 87.1 Å². The second-order valence-corrected chi connectivity index (χ2v) is 12.0. The van der Waals surface area contributed by atoms with Crippen LogP contribution in [0.1, 0.15) is 80.3 Å². The number of halogens is 1. The zero-order valence-electron chi connectivity index (χ0n) is 24.5. The van der Waals surface area contributed by atoms with E-state index in [0.29, 0.717) is 30.3 Å². The Labute approximate surface area is 242 Å². The Morgan fingerprint density at radius 1 is 1.10 bits per heavy atom. The number of fused-ring (bicyclic) bond motifs is 1. The monoisotopic (exact) mass is 563 g/mol. The van der Waals surface area contributed by atoms with Crippen molar-refractivity contribution in [3.8, 4) is 5.88 Å². The van der Waals surface area contributed by atoms with Crippen molar-refractivity contribution in [2.24, 2.45) is 10.9 Å². The van der Waals surface area contributed by atoms with Crippen molar-refractivity contribution in [1.29, 1.82) is 0 Å². The Morgan fingerprint density at radius 3 is 2.56 bits per heavy atom. The summed E-state index contributed by atoms with van der Waals surface area (Å²) >= 11 is 0. The third-order valence-electron chi connectivity index (χ3n) is 8.31. The minimum absolute atomic E-state index is 0.0147. The van der Waals surface area contributed by atoms with E-state index in [1.54, 1.807) is 13.0 Å². The second-order valence-electron chi connectivity index (χ2n) is 12.0. The SMILES string of the molecule is Cc1cc(F)cc(C(=O)N=C2Cc3cnc(OCCN4CCCCC4)cc3N2C2CCC(C(=O)NC(C)C)CC2)c1. The number of benzene rings is 1. The molecule has 1 saturated carbocycles. The van der Waals surface area contributed by atoms with Crippen LogP contribution in [0.2, 0.25) is 0 Å². The molecule has 0 atom stereocenters. The number of ether oxygens (including phenoxy) is 1. The average Bonchev–Trinajstić information content (AvgIpc) is 3.29. The predicted octanol–water partition coefficient (Wildman–Crippen LogP) is 5.08. The highest BCUT2D eigenvalue weighted by Crippen LogP contribution is 2.38. The molecule has 220 valence electrons. The average molecular weight is 564 g/mol. The van der Waals surface area contributed by atoms with Crippen LogP contribution in [0.25, 0.3) is 0 Å². The van der Waals surface area contributed by atoms with E-state index in [4.69, 9.17) is 4.74 Å². The molecule has 0 bridgehead atoms. The molecular formula is C32H42FN5O3. The Bertz CT molecular complexity index is 1260. The van der Waals surface area contributed by atoms with E-state index in [1.165, 1.54) is 31.4 Å². The molecule has 2 amide bonds. The van der Waals surface area contributed by atoms with Crippen LogP contribution in [0.5, 0.6) is 5.88 Å². The molecule has 9 heteroatoms. The van der Waals surface area contributed by atoms with E-state index in [0.717, 1.165) is 56.6 Å². The molecule has 0 unspecified atom stereocenters. The van der Waals surface area contributed by atoms with Crippen LogP contribution in [0.4, 0.5) is 10.1 Å². The number of pyridine rings is 1. The van der Waals surface area contributed by atoms with Crippen molar-refractivity contribution in [2.75, 3.05) is 31.1 Å². The van der Waals surface area contributed by atoms with E-state index >= 15 is 0 Å². The molecule has 1 aromatic heterocycles. The summed E-state index contributed by atoms with van der Waals surface area (Å²) in [6.07, 6.45) is 9.20. The molecule has 3 aliphatic rings. The van der Waals surface area contributed by atoms with Crippen LogP contribution in [0.15, 0.2) is 35.5 Å². The lowest BCUT2D eigenvalue weighted by molar-refractivity contribution is -0.126. The number of piperidine rings is 1. The second kappa shape index (κ2) is 13.1. The number of likely N-dealkylation sites (tertiary alicyclic amines) is 1. The van der Waals surface area contributed by atoms with Gasteiger partial charge in [0.15, 0.2) is 0 Å². The van der Waals surface area contributed by atoms with E-state index in [9.17, 15) is 14.0 Å². The fourth-order valence-electron chi connectivity index (χ4n) is 6.29. The summed E-state index contributed by atoms with van der Waals surface area (Å²) in [5.74, 6) is 0.377. The summed E-state index contributed by atoms with van der Waals surface area (Å²) in [6, 6.07) is 6.46. The highest BCUT2D eigenvalue weighted by molar-refractivity contribution is 6.12. The molecule has 0 radical (unpaired) electrons. The summed E-state index contributed by atoms with van der Waals surface area (Å²) in [5.41, 5.74) is 2.84. The van der Waals surface area contributed by atoms with Gasteiger partial charge in [-0.25, -0.2) is 9.37 Å². The van der Waals surface area contributed by atoms with Gasteiger partial charge in [0, 0.05) is 54.4 Å². The fraction of sp³-hybridized carbons (Fsp3) is 0.562. The Kier molecular flexibility index (Phi) is 9.32. The molecule has 2 aliphatic heterocycles. The Morgan fingerprint density at radius 2 is 1.85 bits per heavy atom. The first-order valence-corrected chi connectivity index (χ1v) is 15.1. The highest BCUT2D eigenvalue weighted by Gasteiger charge is 2.36. The van der Waals surface area contributed by atoms with Gasteiger partial charge in [-0.15, -0.1) is 0 Å². The van der Waals surface area contributed by atoms with Crippen LogP contribution < -0.4 is 15.0 Å². The minimum atomic E-state index is -0.462. The quantitative estimate of drug-likeness (QED) is 0.482. The Hall–Kier alpha value is -3.33. The fourth-order valence-corrected chi connectivity index (χ4v) is 6.29. The molecule has 2 aromatic rings. The zero-order chi connectivity index (χ0) is 28.9. The number of hydrogen-bond donors (Lipinski definition) is 1. The molecule has 41 heavy (non-hydrogen) atoms. The highest BCUT2D eigenvalue weighted by atomic mass is 19.1. The van der Waals surface area contributed by atoms with Gasteiger partial charge in [0.2, 0.25) is 11.8 Å². The normalized spacial score (nSPS) is 22.2. The number of anilines is 1. The first-order valence-electron chi connectivity index (χ1n) is 15.1. The van der Waals surface area contributed by atoms with Crippen molar-refractivity contribution < 1.29 is 18.7 Å². The largest absolute Gasteiger partial charge is 0.476 e. The molecule has 0 spiro atoms. The van der Waals surface area contributed by atoms with Gasteiger partial charge < -0.3 is 15.0 Å². The molecule has 1 aromatic carbocycles. The summed E-state index contributed by atoms with van der Waals surface area (Å²) in [5, 5.41) is 3.05.